The third-order valence-corrected chi connectivity index (χ3v) is 3.56. The molecule has 0 saturated carbocycles. The minimum Gasteiger partial charge on any atom is -0.475 e. The van der Waals surface area contributed by atoms with Crippen LogP contribution in [-0.4, -0.2) is 36.4 Å². The number of nitrogens with zero attached hydrogens (tertiary/aromatic N) is 1. The molecule has 0 radical (unpaired) electrons. The number of nitriles is 1. The zero-order chi connectivity index (χ0) is 19.0. The van der Waals surface area contributed by atoms with Crippen LogP contribution < -0.4 is 5.32 Å². The Morgan fingerprint density at radius 2 is 2.12 bits per heavy atom. The average Bonchev–Trinajstić information content (AvgIpc) is 2.98. The number of hydrogen-bond acceptors (Lipinski definition) is 4. The lowest BCUT2D eigenvalue weighted by atomic mass is 10.0. The van der Waals surface area contributed by atoms with E-state index in [0.29, 0.717) is 19.6 Å². The number of ether oxygens (including phenoxy) is 1. The molecule has 0 bridgehead atoms. The zero-order valence-corrected chi connectivity index (χ0v) is 13.6. The first-order chi connectivity index (χ1) is 11.7. The molecule has 2 N–H and O–H groups in total. The summed E-state index contributed by atoms with van der Waals surface area (Å²) in [6, 6.07) is 6.94. The first-order valence-electron chi connectivity index (χ1n) is 7.13. The van der Waals surface area contributed by atoms with Crippen LogP contribution in [0.25, 0.3) is 0 Å². The lowest BCUT2D eigenvalue weighted by molar-refractivity contribution is -0.192. The third kappa shape index (κ3) is 6.86. The highest BCUT2D eigenvalue weighted by molar-refractivity contribution is 6.30. The van der Waals surface area contributed by atoms with Crippen LogP contribution in [0.5, 0.6) is 0 Å². The van der Waals surface area contributed by atoms with Crippen molar-refractivity contribution in [1.29, 1.82) is 5.26 Å². The molecule has 2 atom stereocenters. The maximum atomic E-state index is 13.4. The lowest BCUT2D eigenvalue weighted by Crippen LogP contribution is -2.32. The Bertz CT molecular complexity index is 634. The van der Waals surface area contributed by atoms with E-state index in [4.69, 9.17) is 31.5 Å². The minimum atomic E-state index is -5.08. The van der Waals surface area contributed by atoms with Crippen molar-refractivity contribution in [2.75, 3.05) is 13.2 Å². The first kappa shape index (κ1) is 21.2. The van der Waals surface area contributed by atoms with Crippen molar-refractivity contribution in [2.45, 2.75) is 31.2 Å². The van der Waals surface area contributed by atoms with Crippen LogP contribution in [-0.2, 0) is 9.53 Å². The van der Waals surface area contributed by atoms with Gasteiger partial charge in [0.25, 0.3) is 0 Å². The Morgan fingerprint density at radius 1 is 1.48 bits per heavy atom. The second-order valence-electron chi connectivity index (χ2n) is 5.03. The number of carbonyl (C=O) groups is 1. The molecule has 1 heterocycles. The highest BCUT2D eigenvalue weighted by atomic mass is 35.5. The smallest absolute Gasteiger partial charge is 0.475 e. The largest absolute Gasteiger partial charge is 0.490 e. The van der Waals surface area contributed by atoms with Crippen molar-refractivity contribution in [3.8, 4) is 6.07 Å². The summed E-state index contributed by atoms with van der Waals surface area (Å²) in [5.41, 5.74) is 0.781. The number of carboxylic acids is 1. The topological polar surface area (TPSA) is 82.3 Å². The Morgan fingerprint density at radius 3 is 2.64 bits per heavy atom. The fraction of sp³-hybridized carbons (Fsp3) is 0.467. The minimum absolute atomic E-state index is 0.116. The van der Waals surface area contributed by atoms with Gasteiger partial charge < -0.3 is 15.2 Å². The summed E-state index contributed by atoms with van der Waals surface area (Å²) < 4.78 is 50.8. The van der Waals surface area contributed by atoms with Gasteiger partial charge in [0.15, 0.2) is 0 Å². The van der Waals surface area contributed by atoms with Gasteiger partial charge in [0.1, 0.15) is 5.82 Å². The summed E-state index contributed by atoms with van der Waals surface area (Å²) in [7, 11) is 0. The number of rotatable bonds is 4. The van der Waals surface area contributed by atoms with Gasteiger partial charge in [0, 0.05) is 25.6 Å². The molecular weight excluding hydrogens is 368 g/mol. The molecule has 0 spiro atoms. The molecular formula is C15H15ClF4N2O3. The number of benzene rings is 1. The van der Waals surface area contributed by atoms with Gasteiger partial charge in [-0.25, -0.2) is 9.18 Å². The molecule has 1 aliphatic heterocycles. The number of hydrogen-bond donors (Lipinski definition) is 2. The number of halogens is 5. The van der Waals surface area contributed by atoms with Gasteiger partial charge in [-0.2, -0.15) is 18.4 Å². The van der Waals surface area contributed by atoms with Gasteiger partial charge in [0.05, 0.1) is 17.2 Å². The highest BCUT2D eigenvalue weighted by Gasteiger charge is 2.38. The van der Waals surface area contributed by atoms with E-state index in [0.717, 1.165) is 12.0 Å². The van der Waals surface area contributed by atoms with Crippen LogP contribution in [0.4, 0.5) is 17.6 Å². The molecule has 138 valence electrons. The summed E-state index contributed by atoms with van der Waals surface area (Å²) >= 11 is 5.66. The second kappa shape index (κ2) is 9.56. The third-order valence-electron chi connectivity index (χ3n) is 3.25. The molecule has 0 aliphatic carbocycles. The van der Waals surface area contributed by atoms with Gasteiger partial charge in [-0.15, -0.1) is 0 Å². The van der Waals surface area contributed by atoms with E-state index < -0.39 is 18.0 Å². The quantitative estimate of drug-likeness (QED) is 0.615. The molecule has 1 fully saturated rings. The fourth-order valence-corrected chi connectivity index (χ4v) is 2.25. The Balaban J connectivity index is 0.000000381. The summed E-state index contributed by atoms with van der Waals surface area (Å²) in [5, 5.41) is 19.0. The highest BCUT2D eigenvalue weighted by Crippen LogP contribution is 2.30. The lowest BCUT2D eigenvalue weighted by Gasteiger charge is -2.20. The molecule has 0 aromatic heterocycles. The van der Waals surface area contributed by atoms with Crippen molar-refractivity contribution < 1.29 is 32.2 Å². The van der Waals surface area contributed by atoms with Crippen LogP contribution in [0.15, 0.2) is 18.2 Å². The molecule has 25 heavy (non-hydrogen) atoms. The van der Waals surface area contributed by atoms with E-state index in [2.05, 4.69) is 11.4 Å². The van der Waals surface area contributed by atoms with Gasteiger partial charge in [-0.05, 0) is 24.1 Å². The number of nitrogens with one attached hydrogen (secondary N) is 1. The maximum Gasteiger partial charge on any atom is 0.490 e. The van der Waals surface area contributed by atoms with E-state index in [1.54, 1.807) is 12.1 Å². The fourth-order valence-electron chi connectivity index (χ4n) is 2.13. The molecule has 1 aromatic rings. The predicted molar refractivity (Wildman–Crippen MR) is 80.4 cm³/mol. The zero-order valence-electron chi connectivity index (χ0n) is 12.8. The number of carboxylic acid groups (broad SMARTS) is 1. The van der Waals surface area contributed by atoms with E-state index >= 15 is 0 Å². The van der Waals surface area contributed by atoms with Crippen LogP contribution in [0.1, 0.15) is 24.5 Å². The van der Waals surface area contributed by atoms with Crippen LogP contribution in [0.2, 0.25) is 5.02 Å². The Hall–Kier alpha value is -1.89. The molecule has 0 unspecified atom stereocenters. The normalized spacial score (nSPS) is 19.7. The van der Waals surface area contributed by atoms with E-state index in [9.17, 15) is 17.6 Å². The van der Waals surface area contributed by atoms with Crippen molar-refractivity contribution in [1.82, 2.24) is 5.32 Å². The SMILES string of the molecule is N#CCCN[C@@H]1CCO[C@H]1c1ccc(Cl)c(F)c1.O=C(O)C(F)(F)F. The van der Waals surface area contributed by atoms with Crippen molar-refractivity contribution >= 4 is 17.6 Å². The molecule has 10 heteroatoms. The van der Waals surface area contributed by atoms with E-state index in [1.807, 2.05) is 0 Å². The Labute approximate surface area is 146 Å². The summed E-state index contributed by atoms with van der Waals surface area (Å²) in [6.07, 6.45) is -3.94. The molecule has 2 rings (SSSR count). The molecule has 1 saturated heterocycles. The van der Waals surface area contributed by atoms with Gasteiger partial charge in [0.2, 0.25) is 0 Å². The predicted octanol–water partition coefficient (Wildman–Crippen LogP) is 3.45. The summed E-state index contributed by atoms with van der Waals surface area (Å²) in [6.45, 7) is 1.26. The maximum absolute atomic E-state index is 13.4. The molecule has 1 aromatic carbocycles. The summed E-state index contributed by atoms with van der Waals surface area (Å²) in [4.78, 5) is 8.90. The second-order valence-corrected chi connectivity index (χ2v) is 5.43. The van der Waals surface area contributed by atoms with Crippen LogP contribution >= 0.6 is 11.6 Å². The van der Waals surface area contributed by atoms with Gasteiger partial charge >= 0.3 is 12.1 Å². The monoisotopic (exact) mass is 382 g/mol. The van der Waals surface area contributed by atoms with E-state index in [1.165, 1.54) is 6.07 Å². The van der Waals surface area contributed by atoms with Crippen molar-refractivity contribution in [3.63, 3.8) is 0 Å². The van der Waals surface area contributed by atoms with Crippen LogP contribution in [0.3, 0.4) is 0 Å². The number of aliphatic carboxylic acids is 1. The van der Waals surface area contributed by atoms with Gasteiger partial charge in [-0.1, -0.05) is 17.7 Å². The van der Waals surface area contributed by atoms with E-state index in [-0.39, 0.29) is 17.2 Å². The average molecular weight is 383 g/mol. The van der Waals surface area contributed by atoms with Crippen molar-refractivity contribution in [3.05, 3.63) is 34.6 Å². The van der Waals surface area contributed by atoms with Gasteiger partial charge in [-0.3, -0.25) is 0 Å². The van der Waals surface area contributed by atoms with Crippen molar-refractivity contribution in [2.24, 2.45) is 0 Å². The standard InChI is InChI=1S/C13H14ClFN2O.C2HF3O2/c14-10-3-2-9(8-11(10)15)13-12(4-7-18-13)17-6-1-5-16;3-2(4,5)1(6)7/h2-3,8,12-13,17H,1,4,6-7H2;(H,6,7)/t12-,13+;/m1./s1. The first-order valence-corrected chi connectivity index (χ1v) is 7.51. The van der Waals surface area contributed by atoms with Crippen LogP contribution in [0, 0.1) is 17.1 Å². The molecule has 0 amide bonds. The number of alkyl halides is 3. The molecule has 5 nitrogen and oxygen atoms in total. The summed E-state index contributed by atoms with van der Waals surface area (Å²) in [5.74, 6) is -3.19. The Kier molecular flexibility index (Phi) is 8.09. The molecule has 1 aliphatic rings.